The quantitative estimate of drug-likeness (QED) is 0.769. The average Bonchev–Trinajstić information content (AvgIpc) is 2.97. The van der Waals surface area contributed by atoms with Crippen molar-refractivity contribution in [1.82, 2.24) is 15.0 Å². The molecular formula is C14H10N4O2S. The summed E-state index contributed by atoms with van der Waals surface area (Å²) in [7, 11) is 0. The zero-order valence-electron chi connectivity index (χ0n) is 10.7. The summed E-state index contributed by atoms with van der Waals surface area (Å²) in [4.78, 5) is 23.6. The van der Waals surface area contributed by atoms with Crippen molar-refractivity contribution >= 4 is 28.3 Å². The van der Waals surface area contributed by atoms with E-state index in [2.05, 4.69) is 20.3 Å². The van der Waals surface area contributed by atoms with E-state index >= 15 is 0 Å². The van der Waals surface area contributed by atoms with Gasteiger partial charge in [-0.15, -0.1) is 11.3 Å². The third-order valence-electron chi connectivity index (χ3n) is 2.67. The van der Waals surface area contributed by atoms with E-state index in [1.807, 2.05) is 23.6 Å². The standard InChI is InChI=1S/C14H10N4O2S/c19-13(20)9-4-6-16-12(7-9)18-14-17-11(8-21-14)10-3-1-2-5-15-10/h1-8H,(H,19,20)(H,16,17,18). The Morgan fingerprint density at radius 2 is 2.05 bits per heavy atom. The lowest BCUT2D eigenvalue weighted by molar-refractivity contribution is 0.0697. The van der Waals surface area contributed by atoms with E-state index in [1.165, 1.54) is 29.7 Å². The van der Waals surface area contributed by atoms with Gasteiger partial charge in [0.15, 0.2) is 5.13 Å². The Morgan fingerprint density at radius 3 is 2.81 bits per heavy atom. The molecule has 0 aliphatic carbocycles. The molecule has 0 aromatic carbocycles. The van der Waals surface area contributed by atoms with Crippen LogP contribution in [0.4, 0.5) is 10.9 Å². The molecule has 7 heteroatoms. The first-order valence-corrected chi connectivity index (χ1v) is 6.93. The second-order valence-corrected chi connectivity index (χ2v) is 4.97. The summed E-state index contributed by atoms with van der Waals surface area (Å²) >= 11 is 1.40. The van der Waals surface area contributed by atoms with E-state index in [9.17, 15) is 4.79 Å². The maximum absolute atomic E-state index is 10.9. The zero-order valence-corrected chi connectivity index (χ0v) is 11.5. The number of aromatic nitrogens is 3. The Hall–Kier alpha value is -2.80. The Morgan fingerprint density at radius 1 is 1.14 bits per heavy atom. The van der Waals surface area contributed by atoms with E-state index in [0.29, 0.717) is 10.9 Å². The molecule has 6 nitrogen and oxygen atoms in total. The van der Waals surface area contributed by atoms with Crippen molar-refractivity contribution in [1.29, 1.82) is 0 Å². The highest BCUT2D eigenvalue weighted by Crippen LogP contribution is 2.25. The minimum Gasteiger partial charge on any atom is -0.478 e. The lowest BCUT2D eigenvalue weighted by Gasteiger charge is -2.02. The predicted molar refractivity (Wildman–Crippen MR) is 79.8 cm³/mol. The summed E-state index contributed by atoms with van der Waals surface area (Å²) in [5, 5.41) is 14.5. The number of hydrogen-bond acceptors (Lipinski definition) is 6. The van der Waals surface area contributed by atoms with Gasteiger partial charge >= 0.3 is 5.97 Å². The van der Waals surface area contributed by atoms with Crippen LogP contribution in [0.1, 0.15) is 10.4 Å². The van der Waals surface area contributed by atoms with Gasteiger partial charge < -0.3 is 10.4 Å². The van der Waals surface area contributed by atoms with Crippen LogP contribution in [-0.2, 0) is 0 Å². The molecule has 2 N–H and O–H groups in total. The van der Waals surface area contributed by atoms with Crippen molar-refractivity contribution in [3.8, 4) is 11.4 Å². The van der Waals surface area contributed by atoms with Crippen molar-refractivity contribution < 1.29 is 9.90 Å². The number of pyridine rings is 2. The highest BCUT2D eigenvalue weighted by atomic mass is 32.1. The van der Waals surface area contributed by atoms with Gasteiger partial charge in [0, 0.05) is 17.8 Å². The van der Waals surface area contributed by atoms with E-state index in [1.54, 1.807) is 6.20 Å². The van der Waals surface area contributed by atoms with E-state index in [0.717, 1.165) is 11.4 Å². The zero-order chi connectivity index (χ0) is 14.7. The van der Waals surface area contributed by atoms with Crippen LogP contribution in [0.3, 0.4) is 0 Å². The molecule has 0 bridgehead atoms. The van der Waals surface area contributed by atoms with Crippen LogP contribution in [0.2, 0.25) is 0 Å². The molecule has 3 rings (SSSR count). The molecule has 0 radical (unpaired) electrons. The molecule has 3 aromatic rings. The average molecular weight is 298 g/mol. The van der Waals surface area contributed by atoms with E-state index in [4.69, 9.17) is 5.11 Å². The smallest absolute Gasteiger partial charge is 0.335 e. The monoisotopic (exact) mass is 298 g/mol. The van der Waals surface area contributed by atoms with Crippen molar-refractivity contribution in [3.63, 3.8) is 0 Å². The number of nitrogens with one attached hydrogen (secondary N) is 1. The number of carboxylic acids is 1. The maximum atomic E-state index is 10.9. The number of rotatable bonds is 4. The molecule has 3 heterocycles. The number of thiazole rings is 1. The first-order chi connectivity index (χ1) is 10.2. The topological polar surface area (TPSA) is 88.0 Å². The molecule has 0 fully saturated rings. The third-order valence-corrected chi connectivity index (χ3v) is 3.43. The molecule has 0 amide bonds. The van der Waals surface area contributed by atoms with Crippen LogP contribution >= 0.6 is 11.3 Å². The first-order valence-electron chi connectivity index (χ1n) is 6.06. The van der Waals surface area contributed by atoms with E-state index in [-0.39, 0.29) is 5.56 Å². The predicted octanol–water partition coefficient (Wildman–Crippen LogP) is 3.04. The Kier molecular flexibility index (Phi) is 3.57. The van der Waals surface area contributed by atoms with Crippen LogP contribution in [-0.4, -0.2) is 26.0 Å². The number of aromatic carboxylic acids is 1. The van der Waals surface area contributed by atoms with Crippen LogP contribution in [0.15, 0.2) is 48.1 Å². The highest BCUT2D eigenvalue weighted by molar-refractivity contribution is 7.14. The number of carboxylic acid groups (broad SMARTS) is 1. The van der Waals surface area contributed by atoms with Gasteiger partial charge in [-0.1, -0.05) is 6.07 Å². The molecular weight excluding hydrogens is 288 g/mol. The molecule has 0 atom stereocenters. The minimum absolute atomic E-state index is 0.175. The number of nitrogens with zero attached hydrogens (tertiary/aromatic N) is 3. The fourth-order valence-electron chi connectivity index (χ4n) is 1.70. The van der Waals surface area contributed by atoms with Crippen LogP contribution in [0, 0.1) is 0 Å². The second-order valence-electron chi connectivity index (χ2n) is 4.11. The molecule has 3 aromatic heterocycles. The Balaban J connectivity index is 1.82. The SMILES string of the molecule is O=C(O)c1ccnc(Nc2nc(-c3ccccn3)cs2)c1. The third kappa shape index (κ3) is 3.03. The second kappa shape index (κ2) is 5.68. The summed E-state index contributed by atoms with van der Waals surface area (Å²) in [5.41, 5.74) is 1.72. The van der Waals surface area contributed by atoms with Gasteiger partial charge in [-0.05, 0) is 24.3 Å². The first kappa shape index (κ1) is 13.2. The van der Waals surface area contributed by atoms with Crippen LogP contribution < -0.4 is 5.32 Å². The Labute approximate surface area is 124 Å². The molecule has 0 saturated carbocycles. The van der Waals surface area contributed by atoms with Gasteiger partial charge in [0.1, 0.15) is 11.5 Å². The van der Waals surface area contributed by atoms with Crippen LogP contribution in [0.25, 0.3) is 11.4 Å². The summed E-state index contributed by atoms with van der Waals surface area (Å²) in [6.07, 6.45) is 3.15. The molecule has 0 spiro atoms. The largest absolute Gasteiger partial charge is 0.478 e. The summed E-state index contributed by atoms with van der Waals surface area (Å²) in [5.74, 6) is -0.550. The molecule has 0 aliphatic heterocycles. The number of hydrogen-bond donors (Lipinski definition) is 2. The van der Waals surface area contributed by atoms with Crippen molar-refractivity contribution in [3.05, 3.63) is 53.7 Å². The van der Waals surface area contributed by atoms with Gasteiger partial charge in [0.25, 0.3) is 0 Å². The fraction of sp³-hybridized carbons (Fsp3) is 0. The number of anilines is 2. The summed E-state index contributed by atoms with van der Waals surface area (Å²) < 4.78 is 0. The van der Waals surface area contributed by atoms with E-state index < -0.39 is 5.97 Å². The molecule has 21 heavy (non-hydrogen) atoms. The molecule has 0 saturated heterocycles. The maximum Gasteiger partial charge on any atom is 0.335 e. The number of carbonyl (C=O) groups is 1. The molecule has 0 aliphatic rings. The highest BCUT2D eigenvalue weighted by Gasteiger charge is 2.08. The van der Waals surface area contributed by atoms with Crippen molar-refractivity contribution in [2.45, 2.75) is 0 Å². The summed E-state index contributed by atoms with van der Waals surface area (Å²) in [6.45, 7) is 0. The van der Waals surface area contributed by atoms with Gasteiger partial charge in [0.2, 0.25) is 0 Å². The van der Waals surface area contributed by atoms with Crippen molar-refractivity contribution in [2.75, 3.05) is 5.32 Å². The van der Waals surface area contributed by atoms with Crippen LogP contribution in [0.5, 0.6) is 0 Å². The molecule has 0 unspecified atom stereocenters. The van der Waals surface area contributed by atoms with Gasteiger partial charge in [-0.25, -0.2) is 14.8 Å². The summed E-state index contributed by atoms with van der Waals surface area (Å²) in [6, 6.07) is 8.52. The lowest BCUT2D eigenvalue weighted by atomic mass is 10.2. The fourth-order valence-corrected chi connectivity index (χ4v) is 2.42. The van der Waals surface area contributed by atoms with Gasteiger partial charge in [-0.3, -0.25) is 4.98 Å². The van der Waals surface area contributed by atoms with Gasteiger partial charge in [0.05, 0.1) is 11.3 Å². The molecule has 104 valence electrons. The minimum atomic E-state index is -0.992. The lowest BCUT2D eigenvalue weighted by Crippen LogP contribution is -1.99. The van der Waals surface area contributed by atoms with Crippen molar-refractivity contribution in [2.24, 2.45) is 0 Å². The normalized spacial score (nSPS) is 10.3. The Bertz CT molecular complexity index is 773. The van der Waals surface area contributed by atoms with Gasteiger partial charge in [-0.2, -0.15) is 0 Å².